The van der Waals surface area contributed by atoms with E-state index in [-0.39, 0.29) is 20.7 Å². The number of hydrogen-bond donors (Lipinski definition) is 4. The lowest BCUT2D eigenvalue weighted by atomic mass is 10.4. The second kappa shape index (κ2) is 14.1. The molecule has 2 saturated heterocycles. The van der Waals surface area contributed by atoms with E-state index in [1.54, 1.807) is 182 Å². The summed E-state index contributed by atoms with van der Waals surface area (Å²) in [6.07, 6.45) is 0. The molecule has 0 aliphatic carbocycles. The Bertz CT molecular complexity index is 1890. The van der Waals surface area contributed by atoms with Crippen LogP contribution in [0.4, 0.5) is 0 Å². The van der Waals surface area contributed by atoms with E-state index in [2.05, 4.69) is 0 Å². The van der Waals surface area contributed by atoms with E-state index < -0.39 is 52.8 Å². The van der Waals surface area contributed by atoms with Crippen LogP contribution in [0.5, 0.6) is 0 Å². The van der Waals surface area contributed by atoms with E-state index in [0.29, 0.717) is 10.4 Å². The highest BCUT2D eigenvalue weighted by Gasteiger charge is 2.75. The summed E-state index contributed by atoms with van der Waals surface area (Å²) < 4.78 is 48.3. The lowest BCUT2D eigenvalue weighted by molar-refractivity contribution is 0.0582. The molecule has 2 aliphatic rings. The van der Waals surface area contributed by atoms with Crippen molar-refractivity contribution < 1.29 is 48.0 Å². The lowest BCUT2D eigenvalue weighted by Gasteiger charge is -2.52. The van der Waals surface area contributed by atoms with Crippen LogP contribution in [0, 0.1) is 0 Å². The third-order valence-corrected chi connectivity index (χ3v) is 30.4. The molecule has 0 aromatic heterocycles. The average molecular weight is 811 g/mol. The monoisotopic (exact) mass is 810 g/mol. The van der Waals surface area contributed by atoms with Gasteiger partial charge < -0.3 is 48.0 Å². The molecule has 8 rings (SSSR count). The molecule has 11 nitrogen and oxygen atoms in total. The van der Waals surface area contributed by atoms with Crippen molar-refractivity contribution in [3.63, 3.8) is 0 Å². The van der Waals surface area contributed by atoms with Crippen LogP contribution in [0.2, 0.25) is 0 Å². The predicted molar refractivity (Wildman–Crippen MR) is 207 cm³/mol. The Labute approximate surface area is 312 Å². The van der Waals surface area contributed by atoms with Gasteiger partial charge in [-0.1, -0.05) is 182 Å². The van der Waals surface area contributed by atoms with Gasteiger partial charge in [-0.25, -0.2) is 0 Å². The standard InChI is InChI=1S/C36H34O11Si6/c37-48(31-19-7-1-8-20-31)41-49(38,32-21-9-2-10-22-32)44-53(36-29-17-6-18-30-36)46-51(40,34-25-13-4-14-26-34)42-50(39,33-23-11-3-12-24-33)45-52(43-48,47-53)35-27-15-5-16-28-35/h1-30,37-40H. The van der Waals surface area contributed by atoms with E-state index in [1.165, 1.54) is 0 Å². The van der Waals surface area contributed by atoms with Crippen LogP contribution in [-0.2, 0) is 28.8 Å². The summed E-state index contributed by atoms with van der Waals surface area (Å²) in [6.45, 7) is 0. The fourth-order valence-electron chi connectivity index (χ4n) is 6.19. The Hall–Kier alpha value is -3.82. The summed E-state index contributed by atoms with van der Waals surface area (Å²) in [5, 5.41) is 1.43. The van der Waals surface area contributed by atoms with Crippen LogP contribution in [-0.4, -0.2) is 72.0 Å². The maximum absolute atomic E-state index is 12.9. The average Bonchev–Trinajstić information content (AvgIpc) is 3.19. The van der Waals surface area contributed by atoms with Crippen LogP contribution in [0.25, 0.3) is 0 Å². The summed E-state index contributed by atoms with van der Waals surface area (Å²) in [5.41, 5.74) is 0. The second-order valence-electron chi connectivity index (χ2n) is 12.4. The SMILES string of the molecule is O[Si]1(c2ccccc2)O[Si](O)(c2ccccc2)O[Si]2(c3ccccc3)O[Si](O)(c3ccccc3)O[Si](O)(c3ccccc3)O[Si](c3ccccc3)(O1)O2. The molecule has 4 atom stereocenters. The highest BCUT2D eigenvalue weighted by molar-refractivity contribution is 7.06. The lowest BCUT2D eigenvalue weighted by Crippen LogP contribution is -2.87. The summed E-state index contributed by atoms with van der Waals surface area (Å²) in [7, 11) is -29.4. The summed E-state index contributed by atoms with van der Waals surface area (Å²) in [4.78, 5) is 51.6. The van der Waals surface area contributed by atoms with Crippen molar-refractivity contribution in [2.75, 3.05) is 0 Å². The van der Waals surface area contributed by atoms with Gasteiger partial charge in [-0.2, -0.15) is 0 Å². The van der Waals surface area contributed by atoms with Gasteiger partial charge in [0, 0.05) is 31.1 Å². The van der Waals surface area contributed by atoms with Crippen LogP contribution < -0.4 is 31.1 Å². The Morgan fingerprint density at radius 1 is 0.226 bits per heavy atom. The van der Waals surface area contributed by atoms with Crippen molar-refractivity contribution in [2.24, 2.45) is 0 Å². The highest BCUT2D eigenvalue weighted by Crippen LogP contribution is 2.36. The van der Waals surface area contributed by atoms with Crippen LogP contribution in [0.15, 0.2) is 182 Å². The van der Waals surface area contributed by atoms with Crippen molar-refractivity contribution >= 4 is 83.9 Å². The fourth-order valence-corrected chi connectivity index (χ4v) is 32.1. The molecule has 6 aromatic carbocycles. The van der Waals surface area contributed by atoms with Gasteiger partial charge in [0.2, 0.25) is 0 Å². The summed E-state index contributed by atoms with van der Waals surface area (Å²) in [6, 6.07) is 50.7. The smallest absolute Gasteiger partial charge is 0.387 e. The van der Waals surface area contributed by atoms with Gasteiger partial charge in [0.1, 0.15) is 0 Å². The molecule has 4 N–H and O–H groups in total. The first-order valence-electron chi connectivity index (χ1n) is 16.7. The van der Waals surface area contributed by atoms with Gasteiger partial charge in [-0.15, -0.1) is 0 Å². The molecule has 0 spiro atoms. The number of rotatable bonds is 6. The van der Waals surface area contributed by atoms with E-state index in [1.807, 2.05) is 0 Å². The molecule has 2 heterocycles. The van der Waals surface area contributed by atoms with Gasteiger partial charge >= 0.3 is 52.8 Å². The van der Waals surface area contributed by atoms with Crippen molar-refractivity contribution in [1.82, 2.24) is 0 Å². The van der Waals surface area contributed by atoms with Crippen LogP contribution in [0.3, 0.4) is 0 Å². The molecule has 268 valence electrons. The minimum Gasteiger partial charge on any atom is -0.387 e. The molecule has 2 aliphatic heterocycles. The third kappa shape index (κ3) is 6.88. The maximum atomic E-state index is 12.9. The van der Waals surface area contributed by atoms with E-state index in [0.717, 1.165) is 0 Å². The largest absolute Gasteiger partial charge is 0.520 e. The zero-order valence-corrected chi connectivity index (χ0v) is 34.0. The topological polar surface area (TPSA) is 146 Å². The van der Waals surface area contributed by atoms with E-state index in [4.69, 9.17) is 28.8 Å². The molecule has 2 bridgehead atoms. The minimum absolute atomic E-state index is 0.207. The van der Waals surface area contributed by atoms with Gasteiger partial charge in [0.05, 0.1) is 0 Å². The molecule has 4 unspecified atom stereocenters. The minimum atomic E-state index is -4.91. The Kier molecular flexibility index (Phi) is 9.63. The summed E-state index contributed by atoms with van der Waals surface area (Å²) in [5.74, 6) is 0. The van der Waals surface area contributed by atoms with Crippen molar-refractivity contribution in [1.29, 1.82) is 0 Å². The second-order valence-corrected chi connectivity index (χ2v) is 28.4. The predicted octanol–water partition coefficient (Wildman–Crippen LogP) is 0.176. The maximum Gasteiger partial charge on any atom is 0.520 e. The first-order chi connectivity index (χ1) is 25.6. The molecular formula is C36H34O11Si6. The first kappa shape index (κ1) is 36.2. The molecule has 0 radical (unpaired) electrons. The van der Waals surface area contributed by atoms with Gasteiger partial charge in [-0.05, 0) is 0 Å². The molecule has 17 heteroatoms. The van der Waals surface area contributed by atoms with Crippen molar-refractivity contribution in [3.8, 4) is 0 Å². The number of fused-ring (bicyclic) bond motifs is 2. The Morgan fingerprint density at radius 3 is 0.623 bits per heavy atom. The van der Waals surface area contributed by atoms with E-state index >= 15 is 0 Å². The zero-order valence-electron chi connectivity index (χ0n) is 28.0. The Morgan fingerprint density at radius 2 is 0.415 bits per heavy atom. The number of hydrogen-bond acceptors (Lipinski definition) is 11. The van der Waals surface area contributed by atoms with Gasteiger partial charge in [0.25, 0.3) is 0 Å². The van der Waals surface area contributed by atoms with E-state index in [9.17, 15) is 19.2 Å². The van der Waals surface area contributed by atoms with Gasteiger partial charge in [0.15, 0.2) is 0 Å². The molecular weight excluding hydrogens is 777 g/mol. The van der Waals surface area contributed by atoms with Crippen LogP contribution in [0.1, 0.15) is 0 Å². The normalized spacial score (nSPS) is 31.7. The van der Waals surface area contributed by atoms with Crippen molar-refractivity contribution in [3.05, 3.63) is 182 Å². The van der Waals surface area contributed by atoms with Crippen LogP contribution >= 0.6 is 0 Å². The molecule has 6 aromatic rings. The fraction of sp³-hybridized carbons (Fsp3) is 0. The quantitative estimate of drug-likeness (QED) is 0.171. The van der Waals surface area contributed by atoms with Gasteiger partial charge in [-0.3, -0.25) is 0 Å². The number of benzene rings is 6. The molecule has 2 fully saturated rings. The zero-order chi connectivity index (χ0) is 36.6. The highest BCUT2D eigenvalue weighted by atomic mass is 28.6. The molecule has 0 amide bonds. The summed E-state index contributed by atoms with van der Waals surface area (Å²) >= 11 is 0. The third-order valence-electron chi connectivity index (χ3n) is 8.72. The molecule has 53 heavy (non-hydrogen) atoms. The Balaban J connectivity index is 1.47. The van der Waals surface area contributed by atoms with Crippen molar-refractivity contribution in [2.45, 2.75) is 0 Å². The molecule has 0 saturated carbocycles. The first-order valence-corrected chi connectivity index (χ1v) is 27.2.